The highest BCUT2D eigenvalue weighted by Gasteiger charge is 2.04. The molecule has 2 heteroatoms. The number of aliphatic hydroxyl groups is 1. The van der Waals surface area contributed by atoms with E-state index in [2.05, 4.69) is 19.1 Å². The van der Waals surface area contributed by atoms with Crippen LogP contribution in [0, 0.1) is 6.92 Å². The van der Waals surface area contributed by atoms with Crippen LogP contribution in [-0.4, -0.2) is 5.11 Å². The number of aliphatic hydroxyl groups excluding tert-OH is 1. The van der Waals surface area contributed by atoms with Crippen LogP contribution in [0.25, 0.3) is 0 Å². The minimum atomic E-state index is -0.384. The smallest absolute Gasteiger partial charge is 0.119 e. The summed E-state index contributed by atoms with van der Waals surface area (Å²) in [6, 6.07) is 15.9. The maximum atomic E-state index is 9.72. The Hall–Kier alpha value is -1.80. The van der Waals surface area contributed by atoms with Gasteiger partial charge in [0.1, 0.15) is 12.4 Å². The highest BCUT2D eigenvalue weighted by molar-refractivity contribution is 5.30. The first kappa shape index (κ1) is 13.6. The van der Waals surface area contributed by atoms with E-state index in [0.717, 1.165) is 17.7 Å². The molecule has 1 N–H and O–H groups in total. The maximum Gasteiger partial charge on any atom is 0.119 e. The van der Waals surface area contributed by atoms with E-state index in [1.807, 2.05) is 43.3 Å². The van der Waals surface area contributed by atoms with Gasteiger partial charge < -0.3 is 9.84 Å². The first-order chi connectivity index (χ1) is 9.20. The van der Waals surface area contributed by atoms with Crippen LogP contribution in [0.3, 0.4) is 0 Å². The summed E-state index contributed by atoms with van der Waals surface area (Å²) in [5.41, 5.74) is 3.37. The van der Waals surface area contributed by atoms with E-state index in [-0.39, 0.29) is 6.10 Å². The quantitative estimate of drug-likeness (QED) is 0.875. The highest BCUT2D eigenvalue weighted by Crippen LogP contribution is 2.20. The molecular weight excluding hydrogens is 236 g/mol. The molecule has 0 saturated carbocycles. The van der Waals surface area contributed by atoms with Crippen LogP contribution in [0.4, 0.5) is 0 Å². The molecule has 0 heterocycles. The topological polar surface area (TPSA) is 29.5 Å². The molecule has 0 fully saturated rings. The van der Waals surface area contributed by atoms with Gasteiger partial charge in [-0.15, -0.1) is 0 Å². The van der Waals surface area contributed by atoms with Gasteiger partial charge in [-0.1, -0.05) is 43.3 Å². The Morgan fingerprint density at radius 2 is 1.74 bits per heavy atom. The summed E-state index contributed by atoms with van der Waals surface area (Å²) in [6.07, 6.45) is 0.342. The second-order valence-electron chi connectivity index (χ2n) is 4.71. The lowest BCUT2D eigenvalue weighted by atomic mass is 10.1. The van der Waals surface area contributed by atoms with E-state index in [4.69, 9.17) is 4.74 Å². The predicted molar refractivity (Wildman–Crippen MR) is 77.2 cm³/mol. The Morgan fingerprint density at radius 1 is 1.05 bits per heavy atom. The van der Waals surface area contributed by atoms with E-state index in [1.165, 1.54) is 11.1 Å². The van der Waals surface area contributed by atoms with Gasteiger partial charge >= 0.3 is 0 Å². The number of aryl methyl sites for hydroxylation is 1. The summed E-state index contributed by atoms with van der Waals surface area (Å²) < 4.78 is 5.76. The average Bonchev–Trinajstić information content (AvgIpc) is 2.46. The van der Waals surface area contributed by atoms with Gasteiger partial charge in [-0.3, -0.25) is 0 Å². The number of hydrogen-bond donors (Lipinski definition) is 1. The maximum absolute atomic E-state index is 9.72. The highest BCUT2D eigenvalue weighted by atomic mass is 16.5. The van der Waals surface area contributed by atoms with Gasteiger partial charge in [0, 0.05) is 0 Å². The molecule has 0 aliphatic rings. The lowest BCUT2D eigenvalue weighted by molar-refractivity contribution is 0.173. The van der Waals surface area contributed by atoms with Crippen LogP contribution in [-0.2, 0) is 6.61 Å². The van der Waals surface area contributed by atoms with Crippen molar-refractivity contribution in [2.75, 3.05) is 0 Å². The SMILES string of the molecule is CC[C@@H](O)c1ccc(OCc2ccccc2C)cc1. The van der Waals surface area contributed by atoms with E-state index < -0.39 is 0 Å². The van der Waals surface area contributed by atoms with Crippen molar-refractivity contribution in [3.8, 4) is 5.75 Å². The average molecular weight is 256 g/mol. The normalized spacial score (nSPS) is 12.2. The molecule has 100 valence electrons. The molecule has 0 amide bonds. The number of ether oxygens (including phenoxy) is 1. The molecule has 2 nitrogen and oxygen atoms in total. The van der Waals surface area contributed by atoms with Crippen LogP contribution in [0.15, 0.2) is 48.5 Å². The fourth-order valence-corrected chi connectivity index (χ4v) is 1.96. The van der Waals surface area contributed by atoms with E-state index in [9.17, 15) is 5.11 Å². The molecule has 0 aliphatic heterocycles. The van der Waals surface area contributed by atoms with Gasteiger partial charge in [-0.25, -0.2) is 0 Å². The molecule has 0 unspecified atom stereocenters. The van der Waals surface area contributed by atoms with Crippen LogP contribution < -0.4 is 4.74 Å². The number of benzene rings is 2. The molecule has 2 aromatic carbocycles. The molecule has 2 rings (SSSR count). The fraction of sp³-hybridized carbons (Fsp3) is 0.294. The van der Waals surface area contributed by atoms with Crippen molar-refractivity contribution in [3.05, 3.63) is 65.2 Å². The zero-order valence-electron chi connectivity index (χ0n) is 11.5. The van der Waals surface area contributed by atoms with Crippen molar-refractivity contribution in [2.24, 2.45) is 0 Å². The van der Waals surface area contributed by atoms with Crippen molar-refractivity contribution in [1.29, 1.82) is 0 Å². The third-order valence-corrected chi connectivity index (χ3v) is 3.31. The standard InChI is InChI=1S/C17H20O2/c1-3-17(18)14-8-10-16(11-9-14)19-12-15-7-5-4-6-13(15)2/h4-11,17-18H,3,12H2,1-2H3/t17-/m1/s1. The van der Waals surface area contributed by atoms with Crippen molar-refractivity contribution in [3.63, 3.8) is 0 Å². The van der Waals surface area contributed by atoms with Crippen LogP contribution >= 0.6 is 0 Å². The summed E-state index contributed by atoms with van der Waals surface area (Å²) in [6.45, 7) is 4.62. The van der Waals surface area contributed by atoms with Crippen LogP contribution in [0.2, 0.25) is 0 Å². The molecular formula is C17H20O2. The number of hydrogen-bond acceptors (Lipinski definition) is 2. The summed E-state index contributed by atoms with van der Waals surface area (Å²) in [4.78, 5) is 0. The monoisotopic (exact) mass is 256 g/mol. The molecule has 0 radical (unpaired) electrons. The fourth-order valence-electron chi connectivity index (χ4n) is 1.96. The third-order valence-electron chi connectivity index (χ3n) is 3.31. The van der Waals surface area contributed by atoms with Crippen molar-refractivity contribution < 1.29 is 9.84 Å². The van der Waals surface area contributed by atoms with Crippen LogP contribution in [0.5, 0.6) is 5.75 Å². The predicted octanol–water partition coefficient (Wildman–Crippen LogP) is 4.02. The molecule has 0 aromatic heterocycles. The minimum Gasteiger partial charge on any atom is -0.489 e. The van der Waals surface area contributed by atoms with Crippen molar-refractivity contribution in [2.45, 2.75) is 33.0 Å². The van der Waals surface area contributed by atoms with Gasteiger partial charge in [-0.2, -0.15) is 0 Å². The summed E-state index contributed by atoms with van der Waals surface area (Å²) in [5.74, 6) is 0.829. The van der Waals surface area contributed by atoms with E-state index >= 15 is 0 Å². The Labute approximate surface area is 114 Å². The lowest BCUT2D eigenvalue weighted by Gasteiger charge is -2.11. The molecule has 0 bridgehead atoms. The van der Waals surface area contributed by atoms with Gasteiger partial charge in [0.2, 0.25) is 0 Å². The van der Waals surface area contributed by atoms with Gasteiger partial charge in [0.05, 0.1) is 6.10 Å². The van der Waals surface area contributed by atoms with E-state index in [1.54, 1.807) is 0 Å². The molecule has 0 saturated heterocycles. The Morgan fingerprint density at radius 3 is 2.37 bits per heavy atom. The minimum absolute atomic E-state index is 0.384. The second kappa shape index (κ2) is 6.39. The Bertz CT molecular complexity index is 517. The van der Waals surface area contributed by atoms with Crippen molar-refractivity contribution >= 4 is 0 Å². The van der Waals surface area contributed by atoms with Gasteiger partial charge in [-0.05, 0) is 42.2 Å². The summed E-state index contributed by atoms with van der Waals surface area (Å²) >= 11 is 0. The molecule has 2 aromatic rings. The van der Waals surface area contributed by atoms with Gasteiger partial charge in [0.15, 0.2) is 0 Å². The van der Waals surface area contributed by atoms with Crippen molar-refractivity contribution in [1.82, 2.24) is 0 Å². The first-order valence-corrected chi connectivity index (χ1v) is 6.66. The molecule has 1 atom stereocenters. The molecule has 0 spiro atoms. The van der Waals surface area contributed by atoms with E-state index in [0.29, 0.717) is 6.61 Å². The first-order valence-electron chi connectivity index (χ1n) is 6.66. The zero-order valence-corrected chi connectivity index (χ0v) is 11.5. The lowest BCUT2D eigenvalue weighted by Crippen LogP contribution is -1.98. The summed E-state index contributed by atoms with van der Waals surface area (Å²) in [5, 5.41) is 9.72. The summed E-state index contributed by atoms with van der Waals surface area (Å²) in [7, 11) is 0. The zero-order chi connectivity index (χ0) is 13.7. The largest absolute Gasteiger partial charge is 0.489 e. The second-order valence-corrected chi connectivity index (χ2v) is 4.71. The van der Waals surface area contributed by atoms with Gasteiger partial charge in [0.25, 0.3) is 0 Å². The molecule has 0 aliphatic carbocycles. The Kier molecular flexibility index (Phi) is 4.58. The Balaban J connectivity index is 1.99. The third kappa shape index (κ3) is 3.58. The van der Waals surface area contributed by atoms with Crippen LogP contribution in [0.1, 0.15) is 36.1 Å². The molecule has 19 heavy (non-hydrogen) atoms. The number of rotatable bonds is 5.